The van der Waals surface area contributed by atoms with Crippen LogP contribution < -0.4 is 10.1 Å². The van der Waals surface area contributed by atoms with Gasteiger partial charge in [0.25, 0.3) is 5.69 Å². The topological polar surface area (TPSA) is 81.5 Å². The summed E-state index contributed by atoms with van der Waals surface area (Å²) in [6, 6.07) is 15.3. The second kappa shape index (κ2) is 7.53. The summed E-state index contributed by atoms with van der Waals surface area (Å²) in [6.07, 6.45) is 0.124. The van der Waals surface area contributed by atoms with Gasteiger partial charge in [0.05, 0.1) is 18.5 Å². The molecule has 1 N–H and O–H groups in total. The molecule has 0 aliphatic heterocycles. The van der Waals surface area contributed by atoms with E-state index in [2.05, 4.69) is 21.2 Å². The molecule has 0 radical (unpaired) electrons. The Morgan fingerprint density at radius 1 is 1.15 bits per heavy atom. The van der Waals surface area contributed by atoms with Crippen molar-refractivity contribution in [3.05, 3.63) is 74.7 Å². The third-order valence-corrected chi connectivity index (χ3v) is 4.46. The first-order valence-corrected chi connectivity index (χ1v) is 8.56. The van der Waals surface area contributed by atoms with Crippen LogP contribution in [0.1, 0.15) is 5.56 Å². The van der Waals surface area contributed by atoms with E-state index in [0.29, 0.717) is 11.4 Å². The van der Waals surface area contributed by atoms with E-state index in [1.807, 2.05) is 30.3 Å². The lowest BCUT2D eigenvalue weighted by molar-refractivity contribution is -0.384. The molecular formula is C19H15BrN2O4. The van der Waals surface area contributed by atoms with Crippen molar-refractivity contribution >= 4 is 44.0 Å². The number of ether oxygens (including phenoxy) is 1. The van der Waals surface area contributed by atoms with E-state index in [4.69, 9.17) is 4.74 Å². The number of halogens is 1. The minimum Gasteiger partial charge on any atom is -0.496 e. The van der Waals surface area contributed by atoms with Gasteiger partial charge >= 0.3 is 0 Å². The molecule has 0 fully saturated rings. The highest BCUT2D eigenvalue weighted by Crippen LogP contribution is 2.30. The van der Waals surface area contributed by atoms with Crippen LogP contribution in [0.15, 0.2) is 59.1 Å². The number of benzene rings is 3. The summed E-state index contributed by atoms with van der Waals surface area (Å²) in [5.41, 5.74) is 1.27. The summed E-state index contributed by atoms with van der Waals surface area (Å²) in [6.45, 7) is 0. The fourth-order valence-corrected chi connectivity index (χ4v) is 3.13. The van der Waals surface area contributed by atoms with Crippen molar-refractivity contribution in [2.45, 2.75) is 6.42 Å². The molecule has 0 saturated carbocycles. The molecule has 0 saturated heterocycles. The number of nitro benzene ring substituents is 1. The average molecular weight is 415 g/mol. The van der Waals surface area contributed by atoms with Gasteiger partial charge in [-0.05, 0) is 41.1 Å². The number of nitrogens with one attached hydrogen (secondary N) is 1. The van der Waals surface area contributed by atoms with E-state index < -0.39 is 4.92 Å². The number of non-ortho nitro benzene ring substituents is 1. The first-order valence-electron chi connectivity index (χ1n) is 7.77. The van der Waals surface area contributed by atoms with Crippen LogP contribution in [0.25, 0.3) is 10.8 Å². The Morgan fingerprint density at radius 2 is 1.88 bits per heavy atom. The fraction of sp³-hybridized carbons (Fsp3) is 0.105. The normalized spacial score (nSPS) is 10.5. The van der Waals surface area contributed by atoms with Gasteiger partial charge in [-0.15, -0.1) is 0 Å². The SMILES string of the molecule is COc1ccc2cc(Br)ccc2c1CC(=O)Nc1ccc([N+](=O)[O-])cc1. The number of hydrogen-bond donors (Lipinski definition) is 1. The number of nitrogens with zero attached hydrogens (tertiary/aromatic N) is 1. The van der Waals surface area contributed by atoms with Gasteiger partial charge in [-0.1, -0.05) is 28.1 Å². The first-order chi connectivity index (χ1) is 12.5. The van der Waals surface area contributed by atoms with Crippen LogP contribution >= 0.6 is 15.9 Å². The second-order valence-corrected chi connectivity index (χ2v) is 6.56. The molecule has 0 atom stereocenters. The van der Waals surface area contributed by atoms with E-state index in [0.717, 1.165) is 20.8 Å². The predicted octanol–water partition coefficient (Wildman–Crippen LogP) is 4.70. The first kappa shape index (κ1) is 17.9. The van der Waals surface area contributed by atoms with Gasteiger partial charge in [0.2, 0.25) is 5.91 Å². The molecule has 0 bridgehead atoms. The Morgan fingerprint density at radius 3 is 2.54 bits per heavy atom. The predicted molar refractivity (Wildman–Crippen MR) is 104 cm³/mol. The van der Waals surface area contributed by atoms with Crippen LogP contribution in [0.2, 0.25) is 0 Å². The molecule has 0 aromatic heterocycles. The Hall–Kier alpha value is -2.93. The molecule has 0 spiro atoms. The van der Waals surface area contributed by atoms with Gasteiger partial charge in [-0.25, -0.2) is 0 Å². The number of fused-ring (bicyclic) bond motifs is 1. The molecule has 0 unspecified atom stereocenters. The van der Waals surface area contributed by atoms with E-state index in [1.165, 1.54) is 24.3 Å². The molecule has 7 heteroatoms. The average Bonchev–Trinajstić information content (AvgIpc) is 2.62. The number of hydrogen-bond acceptors (Lipinski definition) is 4. The van der Waals surface area contributed by atoms with Gasteiger partial charge in [-0.3, -0.25) is 14.9 Å². The molecule has 0 aliphatic rings. The number of carbonyl (C=O) groups is 1. The third-order valence-electron chi connectivity index (χ3n) is 3.97. The number of nitro groups is 1. The van der Waals surface area contributed by atoms with E-state index in [1.54, 1.807) is 7.11 Å². The molecule has 0 aliphatic carbocycles. The van der Waals surface area contributed by atoms with Gasteiger partial charge in [0.1, 0.15) is 5.75 Å². The smallest absolute Gasteiger partial charge is 0.269 e. The highest BCUT2D eigenvalue weighted by atomic mass is 79.9. The third kappa shape index (κ3) is 3.83. The minimum absolute atomic E-state index is 0.0238. The van der Waals surface area contributed by atoms with Gasteiger partial charge in [0.15, 0.2) is 0 Å². The zero-order valence-electron chi connectivity index (χ0n) is 13.9. The molecular weight excluding hydrogens is 400 g/mol. The summed E-state index contributed by atoms with van der Waals surface area (Å²) in [5, 5.41) is 15.4. The lowest BCUT2D eigenvalue weighted by atomic mass is 10.0. The number of carbonyl (C=O) groups excluding carboxylic acids is 1. The molecule has 132 valence electrons. The fourth-order valence-electron chi connectivity index (χ4n) is 2.75. The van der Waals surface area contributed by atoms with Crippen LogP contribution in [0.5, 0.6) is 5.75 Å². The molecule has 3 rings (SSSR count). The second-order valence-electron chi connectivity index (χ2n) is 5.64. The summed E-state index contributed by atoms with van der Waals surface area (Å²) < 4.78 is 6.37. The summed E-state index contributed by atoms with van der Waals surface area (Å²) in [5.74, 6) is 0.409. The summed E-state index contributed by atoms with van der Waals surface area (Å²) in [7, 11) is 1.57. The largest absolute Gasteiger partial charge is 0.496 e. The summed E-state index contributed by atoms with van der Waals surface area (Å²) >= 11 is 3.45. The zero-order valence-corrected chi connectivity index (χ0v) is 15.4. The van der Waals surface area contributed by atoms with Gasteiger partial charge in [0, 0.05) is 27.9 Å². The van der Waals surface area contributed by atoms with Crippen LogP contribution in [-0.4, -0.2) is 17.9 Å². The molecule has 3 aromatic carbocycles. The Kier molecular flexibility index (Phi) is 5.18. The standard InChI is InChI=1S/C19H15BrN2O4/c1-26-18-9-2-12-10-13(20)3-8-16(12)17(18)11-19(23)21-14-4-6-15(7-5-14)22(24)25/h2-10H,11H2,1H3,(H,21,23). The molecule has 3 aromatic rings. The highest BCUT2D eigenvalue weighted by Gasteiger charge is 2.14. The molecule has 1 amide bonds. The van der Waals surface area contributed by atoms with E-state index in [-0.39, 0.29) is 18.0 Å². The van der Waals surface area contributed by atoms with Crippen molar-refractivity contribution < 1.29 is 14.5 Å². The minimum atomic E-state index is -0.481. The number of rotatable bonds is 5. The molecule has 26 heavy (non-hydrogen) atoms. The number of methoxy groups -OCH3 is 1. The Balaban J connectivity index is 1.85. The van der Waals surface area contributed by atoms with Crippen molar-refractivity contribution in [2.75, 3.05) is 12.4 Å². The van der Waals surface area contributed by atoms with Crippen LogP contribution in [0, 0.1) is 10.1 Å². The maximum atomic E-state index is 12.5. The van der Waals surface area contributed by atoms with Crippen molar-refractivity contribution in [3.63, 3.8) is 0 Å². The lowest BCUT2D eigenvalue weighted by Gasteiger charge is -2.13. The van der Waals surface area contributed by atoms with Crippen LogP contribution in [-0.2, 0) is 11.2 Å². The van der Waals surface area contributed by atoms with Crippen molar-refractivity contribution in [2.24, 2.45) is 0 Å². The number of amides is 1. The van der Waals surface area contributed by atoms with Crippen molar-refractivity contribution in [3.8, 4) is 5.75 Å². The summed E-state index contributed by atoms with van der Waals surface area (Å²) in [4.78, 5) is 22.7. The highest BCUT2D eigenvalue weighted by molar-refractivity contribution is 9.10. The van der Waals surface area contributed by atoms with E-state index in [9.17, 15) is 14.9 Å². The van der Waals surface area contributed by atoms with Gasteiger partial charge < -0.3 is 10.1 Å². The maximum absolute atomic E-state index is 12.5. The maximum Gasteiger partial charge on any atom is 0.269 e. The lowest BCUT2D eigenvalue weighted by Crippen LogP contribution is -2.15. The molecule has 6 nitrogen and oxygen atoms in total. The zero-order chi connectivity index (χ0) is 18.7. The van der Waals surface area contributed by atoms with Crippen LogP contribution in [0.4, 0.5) is 11.4 Å². The van der Waals surface area contributed by atoms with Gasteiger partial charge in [-0.2, -0.15) is 0 Å². The quantitative estimate of drug-likeness (QED) is 0.484. The van der Waals surface area contributed by atoms with E-state index >= 15 is 0 Å². The van der Waals surface area contributed by atoms with Crippen molar-refractivity contribution in [1.82, 2.24) is 0 Å². The van der Waals surface area contributed by atoms with Crippen LogP contribution in [0.3, 0.4) is 0 Å². The monoisotopic (exact) mass is 414 g/mol. The molecule has 0 heterocycles. The Bertz CT molecular complexity index is 987. The van der Waals surface area contributed by atoms with Crippen molar-refractivity contribution in [1.29, 1.82) is 0 Å². The number of anilines is 1. The Labute approximate surface area is 158 Å².